The molecule has 1 aromatic carbocycles. The van der Waals surface area contributed by atoms with Gasteiger partial charge in [0.05, 0.1) is 10.3 Å². The Morgan fingerprint density at radius 2 is 2.00 bits per heavy atom. The van der Waals surface area contributed by atoms with Gasteiger partial charge in [-0.3, -0.25) is 4.79 Å². The Morgan fingerprint density at radius 1 is 1.42 bits per heavy atom. The van der Waals surface area contributed by atoms with Gasteiger partial charge in [0.25, 0.3) is 5.91 Å². The van der Waals surface area contributed by atoms with Crippen LogP contribution in [0.4, 0.5) is 4.39 Å². The fourth-order valence-corrected chi connectivity index (χ4v) is 1.54. The number of phenols is 1. The molecular weight excluding hydrogens is 273 g/mol. The van der Waals surface area contributed by atoms with Crippen LogP contribution in [0.2, 0.25) is 0 Å². The van der Waals surface area contributed by atoms with E-state index in [2.05, 4.69) is 5.32 Å². The first-order valence-corrected chi connectivity index (χ1v) is 7.40. The van der Waals surface area contributed by atoms with Gasteiger partial charge in [-0.2, -0.15) is 0 Å². The number of carbonyl (C=O) groups is 1. The Kier molecular flexibility index (Phi) is 4.19. The van der Waals surface area contributed by atoms with E-state index in [4.69, 9.17) is 5.11 Å². The second-order valence-electron chi connectivity index (χ2n) is 4.88. The number of rotatable bonds is 4. The van der Waals surface area contributed by atoms with Crippen molar-refractivity contribution in [2.45, 2.75) is 18.6 Å². The molecular formula is C12H16FNO4S. The largest absolute Gasteiger partial charge is 0.508 e. The summed E-state index contributed by atoms with van der Waals surface area (Å²) in [6.45, 7) is 2.80. The molecule has 7 heteroatoms. The quantitative estimate of drug-likeness (QED) is 0.869. The van der Waals surface area contributed by atoms with E-state index in [1.165, 1.54) is 19.9 Å². The molecule has 0 fully saturated rings. The van der Waals surface area contributed by atoms with Gasteiger partial charge in [-0.15, -0.1) is 0 Å². The fourth-order valence-electron chi connectivity index (χ4n) is 1.21. The van der Waals surface area contributed by atoms with Gasteiger partial charge in [0.2, 0.25) is 0 Å². The maximum Gasteiger partial charge on any atom is 0.254 e. The van der Waals surface area contributed by atoms with Crippen molar-refractivity contribution in [1.29, 1.82) is 0 Å². The van der Waals surface area contributed by atoms with E-state index in [0.29, 0.717) is 0 Å². The predicted octanol–water partition coefficient (Wildman–Crippen LogP) is 1.08. The van der Waals surface area contributed by atoms with Gasteiger partial charge in [-0.25, -0.2) is 12.8 Å². The summed E-state index contributed by atoms with van der Waals surface area (Å²) >= 11 is 0. The number of sulfone groups is 1. The zero-order valence-corrected chi connectivity index (χ0v) is 11.7. The zero-order chi connectivity index (χ0) is 14.8. The van der Waals surface area contributed by atoms with Gasteiger partial charge in [-0.05, 0) is 26.0 Å². The first-order valence-electron chi connectivity index (χ1n) is 5.51. The third-order valence-corrected chi connectivity index (χ3v) is 5.03. The highest BCUT2D eigenvalue weighted by Crippen LogP contribution is 2.16. The predicted molar refractivity (Wildman–Crippen MR) is 69.3 cm³/mol. The summed E-state index contributed by atoms with van der Waals surface area (Å²) in [6, 6.07) is 3.13. The van der Waals surface area contributed by atoms with Gasteiger partial charge >= 0.3 is 0 Å². The standard InChI is InChI=1S/C12H16FNO4S/c1-12(2,19(3,17)18)7-14-11(16)9-5-4-8(15)6-10(9)13/h4-6,15H,7H2,1-3H3,(H,14,16). The molecule has 0 heterocycles. The third-order valence-electron chi connectivity index (χ3n) is 2.88. The Hall–Kier alpha value is -1.63. The second kappa shape index (κ2) is 5.16. The van der Waals surface area contributed by atoms with Crippen LogP contribution >= 0.6 is 0 Å². The first-order chi connectivity index (χ1) is 8.54. The van der Waals surface area contributed by atoms with E-state index in [-0.39, 0.29) is 17.9 Å². The smallest absolute Gasteiger partial charge is 0.254 e. The van der Waals surface area contributed by atoms with Crippen molar-refractivity contribution in [3.63, 3.8) is 0 Å². The minimum absolute atomic E-state index is 0.134. The lowest BCUT2D eigenvalue weighted by atomic mass is 10.1. The number of nitrogens with one attached hydrogen (secondary N) is 1. The summed E-state index contributed by atoms with van der Waals surface area (Å²) in [5, 5.41) is 11.4. The van der Waals surface area contributed by atoms with Crippen molar-refractivity contribution >= 4 is 15.7 Å². The van der Waals surface area contributed by atoms with Crippen LogP contribution in [0.5, 0.6) is 5.75 Å². The molecule has 106 valence electrons. The molecule has 0 saturated carbocycles. The minimum atomic E-state index is -3.35. The highest BCUT2D eigenvalue weighted by Gasteiger charge is 2.30. The van der Waals surface area contributed by atoms with Crippen LogP contribution < -0.4 is 5.32 Å². The summed E-state index contributed by atoms with van der Waals surface area (Å²) in [5.41, 5.74) is -0.248. The van der Waals surface area contributed by atoms with Gasteiger partial charge < -0.3 is 10.4 Å². The average molecular weight is 289 g/mol. The van der Waals surface area contributed by atoms with Crippen LogP contribution in [0.15, 0.2) is 18.2 Å². The number of aromatic hydroxyl groups is 1. The molecule has 0 bridgehead atoms. The van der Waals surface area contributed by atoms with Crippen LogP contribution in [0.1, 0.15) is 24.2 Å². The third kappa shape index (κ3) is 3.66. The maximum absolute atomic E-state index is 13.4. The molecule has 1 aromatic rings. The fraction of sp³-hybridized carbons (Fsp3) is 0.417. The van der Waals surface area contributed by atoms with Crippen LogP contribution in [0, 0.1) is 5.82 Å². The van der Waals surface area contributed by atoms with Gasteiger partial charge in [-0.1, -0.05) is 0 Å². The van der Waals surface area contributed by atoms with Crippen molar-refractivity contribution in [2.75, 3.05) is 12.8 Å². The van der Waals surface area contributed by atoms with Crippen molar-refractivity contribution in [2.24, 2.45) is 0 Å². The Bertz CT molecular complexity index is 596. The first kappa shape index (κ1) is 15.4. The molecule has 1 amide bonds. The molecule has 0 radical (unpaired) electrons. The lowest BCUT2D eigenvalue weighted by Crippen LogP contribution is -2.43. The lowest BCUT2D eigenvalue weighted by molar-refractivity contribution is 0.0946. The molecule has 1 rings (SSSR count). The molecule has 0 aliphatic rings. The van der Waals surface area contributed by atoms with Gasteiger partial charge in [0, 0.05) is 18.9 Å². The minimum Gasteiger partial charge on any atom is -0.508 e. The van der Waals surface area contributed by atoms with E-state index in [0.717, 1.165) is 18.4 Å². The Balaban J connectivity index is 2.82. The topological polar surface area (TPSA) is 83.5 Å². The summed E-state index contributed by atoms with van der Waals surface area (Å²) in [6.07, 6.45) is 1.07. The van der Waals surface area contributed by atoms with Crippen LogP contribution in [0.3, 0.4) is 0 Å². The molecule has 0 atom stereocenters. The van der Waals surface area contributed by atoms with Crippen molar-refractivity contribution < 1.29 is 22.7 Å². The van der Waals surface area contributed by atoms with Crippen LogP contribution in [0.25, 0.3) is 0 Å². The molecule has 19 heavy (non-hydrogen) atoms. The summed E-state index contributed by atoms with van der Waals surface area (Å²) in [4.78, 5) is 11.7. The van der Waals surface area contributed by atoms with E-state index in [9.17, 15) is 17.6 Å². The van der Waals surface area contributed by atoms with Crippen LogP contribution in [-0.4, -0.2) is 37.0 Å². The molecule has 5 nitrogen and oxygen atoms in total. The number of benzene rings is 1. The summed E-state index contributed by atoms with van der Waals surface area (Å²) in [5.74, 6) is -1.88. The summed E-state index contributed by atoms with van der Waals surface area (Å²) in [7, 11) is -3.35. The van der Waals surface area contributed by atoms with Crippen molar-refractivity contribution in [1.82, 2.24) is 5.32 Å². The van der Waals surface area contributed by atoms with Gasteiger partial charge in [0.1, 0.15) is 11.6 Å². The molecule has 0 unspecified atom stereocenters. The number of amides is 1. The Labute approximate surface area is 111 Å². The second-order valence-corrected chi connectivity index (χ2v) is 7.53. The molecule has 0 saturated heterocycles. The number of halogens is 1. The summed E-state index contributed by atoms with van der Waals surface area (Å²) < 4.78 is 35.2. The number of phenolic OH excluding ortho intramolecular Hbond substituents is 1. The number of hydrogen-bond acceptors (Lipinski definition) is 4. The normalized spacial score (nSPS) is 12.2. The van der Waals surface area contributed by atoms with Crippen molar-refractivity contribution in [3.8, 4) is 5.75 Å². The van der Waals surface area contributed by atoms with E-state index in [1.54, 1.807) is 0 Å². The molecule has 0 aliphatic carbocycles. The molecule has 0 spiro atoms. The molecule has 2 N–H and O–H groups in total. The van der Waals surface area contributed by atoms with Gasteiger partial charge in [0.15, 0.2) is 9.84 Å². The highest BCUT2D eigenvalue weighted by molar-refractivity contribution is 7.92. The van der Waals surface area contributed by atoms with Crippen molar-refractivity contribution in [3.05, 3.63) is 29.6 Å². The molecule has 0 aromatic heterocycles. The zero-order valence-electron chi connectivity index (χ0n) is 10.9. The lowest BCUT2D eigenvalue weighted by Gasteiger charge is -2.22. The van der Waals surface area contributed by atoms with E-state index in [1.807, 2.05) is 0 Å². The SMILES string of the molecule is CC(C)(CNC(=O)c1ccc(O)cc1F)S(C)(=O)=O. The maximum atomic E-state index is 13.4. The number of carbonyl (C=O) groups excluding carboxylic acids is 1. The highest BCUT2D eigenvalue weighted by atomic mass is 32.2. The van der Waals surface area contributed by atoms with E-state index >= 15 is 0 Å². The monoisotopic (exact) mass is 289 g/mol. The molecule has 0 aliphatic heterocycles. The van der Waals surface area contributed by atoms with Crippen LogP contribution in [-0.2, 0) is 9.84 Å². The number of hydrogen-bond donors (Lipinski definition) is 2. The average Bonchev–Trinajstić information content (AvgIpc) is 2.24. The van der Waals surface area contributed by atoms with E-state index < -0.39 is 26.3 Å². The Morgan fingerprint density at radius 3 is 2.47 bits per heavy atom.